The van der Waals surface area contributed by atoms with Crippen molar-refractivity contribution in [2.24, 2.45) is 11.1 Å². The zero-order valence-electron chi connectivity index (χ0n) is 10.9. The molecule has 98 valence electrons. The molecule has 0 atom stereocenters. The van der Waals surface area contributed by atoms with Crippen LogP contribution in [-0.2, 0) is 19.3 Å². The number of hydrogen-bond acceptors (Lipinski definition) is 1. The minimum atomic E-state index is -0.166. The van der Waals surface area contributed by atoms with Crippen molar-refractivity contribution in [3.05, 3.63) is 71.0 Å². The Morgan fingerprint density at radius 1 is 1.00 bits per heavy atom. The molecule has 0 radical (unpaired) electrons. The lowest BCUT2D eigenvalue weighted by Crippen LogP contribution is -2.33. The van der Waals surface area contributed by atoms with Crippen molar-refractivity contribution in [3.8, 4) is 0 Å². The number of rotatable bonds is 3. The summed E-state index contributed by atoms with van der Waals surface area (Å²) in [5.74, 6) is -0.166. The molecule has 0 fully saturated rings. The van der Waals surface area contributed by atoms with Crippen LogP contribution in [0.4, 0.5) is 4.39 Å². The Morgan fingerprint density at radius 3 is 2.26 bits per heavy atom. The number of halogens is 1. The molecule has 2 aromatic rings. The molecule has 3 rings (SSSR count). The summed E-state index contributed by atoms with van der Waals surface area (Å²) in [7, 11) is 0. The van der Waals surface area contributed by atoms with Crippen LogP contribution in [0.1, 0.15) is 16.7 Å². The van der Waals surface area contributed by atoms with Crippen molar-refractivity contribution in [3.63, 3.8) is 0 Å². The number of fused-ring (bicyclic) bond motifs is 1. The molecular formula is C17H18FN. The third kappa shape index (κ3) is 2.41. The van der Waals surface area contributed by atoms with Gasteiger partial charge in [-0.05, 0) is 60.0 Å². The van der Waals surface area contributed by atoms with E-state index in [1.54, 1.807) is 12.1 Å². The van der Waals surface area contributed by atoms with Gasteiger partial charge in [-0.3, -0.25) is 0 Å². The van der Waals surface area contributed by atoms with Crippen molar-refractivity contribution >= 4 is 0 Å². The predicted octanol–water partition coefficient (Wildman–Crippen LogP) is 3.11. The zero-order chi connectivity index (χ0) is 13.3. The molecule has 0 saturated carbocycles. The molecule has 0 bridgehead atoms. The fourth-order valence-corrected chi connectivity index (χ4v) is 3.19. The van der Waals surface area contributed by atoms with E-state index < -0.39 is 0 Å². The zero-order valence-corrected chi connectivity index (χ0v) is 10.9. The molecule has 0 amide bonds. The predicted molar refractivity (Wildman–Crippen MR) is 75.4 cm³/mol. The Kier molecular flexibility index (Phi) is 3.11. The molecule has 0 aliphatic heterocycles. The van der Waals surface area contributed by atoms with E-state index in [9.17, 15) is 4.39 Å². The van der Waals surface area contributed by atoms with E-state index in [4.69, 9.17) is 5.73 Å². The van der Waals surface area contributed by atoms with Gasteiger partial charge in [0.2, 0.25) is 0 Å². The number of nitrogens with two attached hydrogens (primary N) is 1. The molecule has 2 heteroatoms. The summed E-state index contributed by atoms with van der Waals surface area (Å²) in [4.78, 5) is 0. The monoisotopic (exact) mass is 255 g/mol. The van der Waals surface area contributed by atoms with Crippen LogP contribution < -0.4 is 5.73 Å². The van der Waals surface area contributed by atoms with Gasteiger partial charge in [0.05, 0.1) is 0 Å². The third-order valence-electron chi connectivity index (χ3n) is 4.15. The van der Waals surface area contributed by atoms with E-state index in [1.807, 2.05) is 6.07 Å². The summed E-state index contributed by atoms with van der Waals surface area (Å²) < 4.78 is 13.3. The summed E-state index contributed by atoms with van der Waals surface area (Å²) in [6, 6.07) is 15.4. The summed E-state index contributed by atoms with van der Waals surface area (Å²) in [6.07, 6.45) is 2.84. The molecule has 2 aromatic carbocycles. The molecule has 1 nitrogen and oxygen atoms in total. The van der Waals surface area contributed by atoms with Gasteiger partial charge < -0.3 is 5.73 Å². The van der Waals surface area contributed by atoms with E-state index in [0.717, 1.165) is 24.8 Å². The quantitative estimate of drug-likeness (QED) is 0.896. The van der Waals surface area contributed by atoms with Gasteiger partial charge in [-0.1, -0.05) is 36.4 Å². The first kappa shape index (κ1) is 12.4. The lowest BCUT2D eigenvalue weighted by Gasteiger charge is -2.27. The second kappa shape index (κ2) is 4.78. The Bertz CT molecular complexity index is 566. The highest BCUT2D eigenvalue weighted by Gasteiger charge is 2.35. The molecule has 0 unspecified atom stereocenters. The van der Waals surface area contributed by atoms with E-state index in [0.29, 0.717) is 6.54 Å². The topological polar surface area (TPSA) is 26.0 Å². The Balaban J connectivity index is 1.87. The van der Waals surface area contributed by atoms with Crippen LogP contribution in [0.5, 0.6) is 0 Å². The Labute approximate surface area is 113 Å². The van der Waals surface area contributed by atoms with Crippen molar-refractivity contribution in [1.82, 2.24) is 0 Å². The molecule has 1 aliphatic carbocycles. The van der Waals surface area contributed by atoms with E-state index in [1.165, 1.54) is 17.2 Å². The highest BCUT2D eigenvalue weighted by Crippen LogP contribution is 2.38. The maximum atomic E-state index is 13.3. The van der Waals surface area contributed by atoms with Gasteiger partial charge in [0.25, 0.3) is 0 Å². The second-order valence-electron chi connectivity index (χ2n) is 5.63. The molecule has 0 aromatic heterocycles. The van der Waals surface area contributed by atoms with Crippen LogP contribution in [0, 0.1) is 11.2 Å². The molecule has 0 heterocycles. The molecule has 0 saturated heterocycles. The fraction of sp³-hybridized carbons (Fsp3) is 0.294. The maximum absolute atomic E-state index is 13.3. The number of benzene rings is 2. The van der Waals surface area contributed by atoms with Crippen molar-refractivity contribution < 1.29 is 4.39 Å². The van der Waals surface area contributed by atoms with Gasteiger partial charge in [0.1, 0.15) is 5.82 Å². The van der Waals surface area contributed by atoms with Gasteiger partial charge in [-0.2, -0.15) is 0 Å². The Hall–Kier alpha value is -1.67. The highest BCUT2D eigenvalue weighted by molar-refractivity contribution is 5.35. The third-order valence-corrected chi connectivity index (χ3v) is 4.15. The molecule has 1 aliphatic rings. The summed E-state index contributed by atoms with van der Waals surface area (Å²) in [5.41, 5.74) is 9.92. The summed E-state index contributed by atoms with van der Waals surface area (Å²) in [5, 5.41) is 0. The van der Waals surface area contributed by atoms with Gasteiger partial charge in [0.15, 0.2) is 0 Å². The molecule has 2 N–H and O–H groups in total. The average molecular weight is 255 g/mol. The highest BCUT2D eigenvalue weighted by atomic mass is 19.1. The van der Waals surface area contributed by atoms with Gasteiger partial charge >= 0.3 is 0 Å². The maximum Gasteiger partial charge on any atom is 0.123 e. The van der Waals surface area contributed by atoms with E-state index >= 15 is 0 Å². The molecule has 19 heavy (non-hydrogen) atoms. The lowest BCUT2D eigenvalue weighted by atomic mass is 9.79. The van der Waals surface area contributed by atoms with Crippen LogP contribution in [0.15, 0.2) is 48.5 Å². The smallest absolute Gasteiger partial charge is 0.123 e. The normalized spacial score (nSPS) is 16.3. The fourth-order valence-electron chi connectivity index (χ4n) is 3.19. The standard InChI is InChI=1S/C17H18FN/c18-16-7-3-4-13(8-16)9-17(12-19)10-14-5-1-2-6-15(14)11-17/h1-8H,9-12,19H2. The van der Waals surface area contributed by atoms with Crippen LogP contribution in [0.3, 0.4) is 0 Å². The molecular weight excluding hydrogens is 237 g/mol. The van der Waals surface area contributed by atoms with E-state index in [2.05, 4.69) is 24.3 Å². The summed E-state index contributed by atoms with van der Waals surface area (Å²) >= 11 is 0. The van der Waals surface area contributed by atoms with Crippen LogP contribution in [0.2, 0.25) is 0 Å². The van der Waals surface area contributed by atoms with Crippen LogP contribution in [-0.4, -0.2) is 6.54 Å². The van der Waals surface area contributed by atoms with Crippen molar-refractivity contribution in [2.45, 2.75) is 19.3 Å². The number of hydrogen-bond donors (Lipinski definition) is 1. The first-order chi connectivity index (χ1) is 9.21. The van der Waals surface area contributed by atoms with Gasteiger partial charge in [-0.15, -0.1) is 0 Å². The minimum Gasteiger partial charge on any atom is -0.330 e. The largest absolute Gasteiger partial charge is 0.330 e. The second-order valence-corrected chi connectivity index (χ2v) is 5.63. The van der Waals surface area contributed by atoms with Gasteiger partial charge in [0, 0.05) is 0 Å². The minimum absolute atomic E-state index is 0.0531. The van der Waals surface area contributed by atoms with Crippen molar-refractivity contribution in [1.29, 1.82) is 0 Å². The summed E-state index contributed by atoms with van der Waals surface area (Å²) in [6.45, 7) is 0.637. The molecule has 0 spiro atoms. The van der Waals surface area contributed by atoms with Crippen LogP contribution >= 0.6 is 0 Å². The average Bonchev–Trinajstić information content (AvgIpc) is 2.77. The van der Waals surface area contributed by atoms with Crippen LogP contribution in [0.25, 0.3) is 0 Å². The lowest BCUT2D eigenvalue weighted by molar-refractivity contribution is 0.314. The first-order valence-electron chi connectivity index (χ1n) is 6.72. The first-order valence-corrected chi connectivity index (χ1v) is 6.72. The van der Waals surface area contributed by atoms with Crippen molar-refractivity contribution in [2.75, 3.05) is 6.54 Å². The van der Waals surface area contributed by atoms with E-state index in [-0.39, 0.29) is 11.2 Å². The Morgan fingerprint density at radius 2 is 1.68 bits per heavy atom. The van der Waals surface area contributed by atoms with Gasteiger partial charge in [-0.25, -0.2) is 4.39 Å². The SMILES string of the molecule is NCC1(Cc2cccc(F)c2)Cc2ccccc2C1.